The number of benzene rings is 2. The lowest BCUT2D eigenvalue weighted by Crippen LogP contribution is -2.36. The van der Waals surface area contributed by atoms with Gasteiger partial charge in [-0.25, -0.2) is 0 Å². The highest BCUT2D eigenvalue weighted by molar-refractivity contribution is 9.10. The number of carbonyl (C=O) groups is 2. The van der Waals surface area contributed by atoms with Gasteiger partial charge in [0.2, 0.25) is 5.91 Å². The zero-order chi connectivity index (χ0) is 19.2. The van der Waals surface area contributed by atoms with Gasteiger partial charge in [-0.2, -0.15) is 0 Å². The minimum absolute atomic E-state index is 0.111. The number of hydrogen-bond acceptors (Lipinski definition) is 4. The molecule has 1 aliphatic rings. The molecule has 4 nitrogen and oxygen atoms in total. The van der Waals surface area contributed by atoms with Crippen molar-refractivity contribution in [2.45, 2.75) is 0 Å². The summed E-state index contributed by atoms with van der Waals surface area (Å²) < 4.78 is 1.30. The van der Waals surface area contributed by atoms with Crippen LogP contribution in [0.1, 0.15) is 5.56 Å². The highest BCUT2D eigenvalue weighted by atomic mass is 79.9. The first kappa shape index (κ1) is 19.5. The van der Waals surface area contributed by atoms with Crippen LogP contribution in [0.3, 0.4) is 0 Å². The number of carbonyl (C=O) groups excluding carboxylic acids is 2. The summed E-state index contributed by atoms with van der Waals surface area (Å²) in [5.74, 6) is -0.552. The molecule has 136 valence electrons. The third-order valence-electron chi connectivity index (χ3n) is 3.64. The number of thiocarbonyl (C=S) groups is 1. The Morgan fingerprint density at radius 3 is 2.56 bits per heavy atom. The number of amides is 2. The van der Waals surface area contributed by atoms with E-state index in [9.17, 15) is 9.59 Å². The van der Waals surface area contributed by atoms with Gasteiger partial charge in [0.05, 0.1) is 4.91 Å². The summed E-state index contributed by atoms with van der Waals surface area (Å²) in [5, 5.41) is 2.76. The molecule has 0 aliphatic carbocycles. The van der Waals surface area contributed by atoms with Gasteiger partial charge in [-0.05, 0) is 35.9 Å². The molecule has 7 heteroatoms. The molecule has 2 aromatic rings. The van der Waals surface area contributed by atoms with E-state index in [-0.39, 0.29) is 18.4 Å². The lowest BCUT2D eigenvalue weighted by atomic mass is 10.2. The van der Waals surface area contributed by atoms with Crippen molar-refractivity contribution in [1.29, 1.82) is 0 Å². The highest BCUT2D eigenvalue weighted by Gasteiger charge is 2.32. The Labute approximate surface area is 175 Å². The fourth-order valence-electron chi connectivity index (χ4n) is 2.34. The average Bonchev–Trinajstić information content (AvgIpc) is 2.92. The molecule has 1 saturated heterocycles. The van der Waals surface area contributed by atoms with Crippen molar-refractivity contribution in [3.8, 4) is 0 Å². The molecular weight excluding hydrogens is 444 g/mol. The predicted molar refractivity (Wildman–Crippen MR) is 118 cm³/mol. The van der Waals surface area contributed by atoms with Crippen molar-refractivity contribution in [2.24, 2.45) is 0 Å². The van der Waals surface area contributed by atoms with Crippen LogP contribution in [-0.2, 0) is 9.59 Å². The quantitative estimate of drug-likeness (QED) is 0.513. The maximum atomic E-state index is 12.5. The molecule has 1 N–H and O–H groups in total. The number of anilines is 1. The van der Waals surface area contributed by atoms with Crippen molar-refractivity contribution in [3.05, 3.63) is 81.7 Å². The molecule has 0 bridgehead atoms. The summed E-state index contributed by atoms with van der Waals surface area (Å²) in [6.45, 7) is -0.111. The zero-order valence-corrected chi connectivity index (χ0v) is 17.3. The largest absolute Gasteiger partial charge is 0.325 e. The van der Waals surface area contributed by atoms with Crippen LogP contribution in [-0.4, -0.2) is 27.6 Å². The molecule has 1 heterocycles. The summed E-state index contributed by atoms with van der Waals surface area (Å²) in [4.78, 5) is 26.6. The van der Waals surface area contributed by atoms with Gasteiger partial charge in [0.25, 0.3) is 5.91 Å². The normalized spacial score (nSPS) is 15.7. The summed E-state index contributed by atoms with van der Waals surface area (Å²) in [6.07, 6.45) is 5.44. The Morgan fingerprint density at radius 2 is 1.85 bits per heavy atom. The van der Waals surface area contributed by atoms with E-state index in [0.717, 1.165) is 10.0 Å². The van der Waals surface area contributed by atoms with E-state index in [1.807, 2.05) is 54.6 Å². The Hall–Kier alpha value is -2.22. The first-order valence-electron chi connectivity index (χ1n) is 8.05. The maximum Gasteiger partial charge on any atom is 0.266 e. The minimum Gasteiger partial charge on any atom is -0.325 e. The van der Waals surface area contributed by atoms with E-state index < -0.39 is 0 Å². The predicted octanol–water partition coefficient (Wildman–Crippen LogP) is 4.85. The molecule has 0 radical (unpaired) electrons. The summed E-state index contributed by atoms with van der Waals surface area (Å²) >= 11 is 9.80. The van der Waals surface area contributed by atoms with Gasteiger partial charge < -0.3 is 5.32 Å². The Bertz CT molecular complexity index is 925. The van der Waals surface area contributed by atoms with Gasteiger partial charge in [0, 0.05) is 10.2 Å². The Morgan fingerprint density at radius 1 is 1.15 bits per heavy atom. The van der Waals surface area contributed by atoms with Crippen LogP contribution in [0, 0.1) is 0 Å². The third-order valence-corrected chi connectivity index (χ3v) is 5.56. The SMILES string of the molecule is O=C(CN1C(=O)/C(=C/C=C/c2ccccc2)SC1=S)Nc1ccc(Br)cc1. The molecule has 27 heavy (non-hydrogen) atoms. The topological polar surface area (TPSA) is 49.4 Å². The van der Waals surface area contributed by atoms with Crippen LogP contribution >= 0.6 is 39.9 Å². The van der Waals surface area contributed by atoms with Crippen molar-refractivity contribution >= 4 is 67.8 Å². The smallest absolute Gasteiger partial charge is 0.266 e. The lowest BCUT2D eigenvalue weighted by Gasteiger charge is -2.14. The molecule has 1 aliphatic heterocycles. The van der Waals surface area contributed by atoms with E-state index in [4.69, 9.17) is 12.2 Å². The number of thioether (sulfide) groups is 1. The van der Waals surface area contributed by atoms with Gasteiger partial charge in [-0.15, -0.1) is 0 Å². The van der Waals surface area contributed by atoms with Gasteiger partial charge >= 0.3 is 0 Å². The minimum atomic E-state index is -0.297. The van der Waals surface area contributed by atoms with E-state index >= 15 is 0 Å². The van der Waals surface area contributed by atoms with Crippen molar-refractivity contribution < 1.29 is 9.59 Å². The van der Waals surface area contributed by atoms with Crippen LogP contribution in [0.4, 0.5) is 5.69 Å². The second-order valence-electron chi connectivity index (χ2n) is 5.62. The number of rotatable bonds is 5. The molecule has 3 rings (SSSR count). The van der Waals surface area contributed by atoms with Gasteiger partial charge in [0.1, 0.15) is 10.9 Å². The van der Waals surface area contributed by atoms with E-state index in [2.05, 4.69) is 21.2 Å². The van der Waals surface area contributed by atoms with E-state index in [0.29, 0.717) is 14.9 Å². The molecule has 0 spiro atoms. The zero-order valence-electron chi connectivity index (χ0n) is 14.1. The molecule has 0 unspecified atom stereocenters. The average molecular weight is 459 g/mol. The maximum absolute atomic E-state index is 12.5. The standard InChI is InChI=1S/C20H15BrN2O2S2/c21-15-9-11-16(12-10-15)22-18(24)13-23-19(25)17(27-20(23)26)8-4-7-14-5-2-1-3-6-14/h1-12H,13H2,(H,22,24)/b7-4+,17-8-. The number of nitrogens with zero attached hydrogens (tertiary/aromatic N) is 1. The fraction of sp³-hybridized carbons (Fsp3) is 0.0500. The second-order valence-corrected chi connectivity index (χ2v) is 8.21. The fourth-order valence-corrected chi connectivity index (χ4v) is 3.81. The van der Waals surface area contributed by atoms with E-state index in [1.54, 1.807) is 18.2 Å². The number of nitrogens with one attached hydrogen (secondary N) is 1. The number of allylic oxidation sites excluding steroid dienone is 2. The van der Waals surface area contributed by atoms with Crippen molar-refractivity contribution in [2.75, 3.05) is 11.9 Å². The molecular formula is C20H15BrN2O2S2. The molecule has 0 aromatic heterocycles. The summed E-state index contributed by atoms with van der Waals surface area (Å²) in [5.41, 5.74) is 1.70. The summed E-state index contributed by atoms with van der Waals surface area (Å²) in [6, 6.07) is 17.0. The molecule has 2 aromatic carbocycles. The second kappa shape index (κ2) is 9.12. The van der Waals surface area contributed by atoms with E-state index in [1.165, 1.54) is 16.7 Å². The molecule has 0 atom stereocenters. The van der Waals surface area contributed by atoms with Crippen LogP contribution in [0.15, 0.2) is 76.1 Å². The highest BCUT2D eigenvalue weighted by Crippen LogP contribution is 2.30. The first-order valence-corrected chi connectivity index (χ1v) is 10.1. The molecule has 2 amide bonds. The lowest BCUT2D eigenvalue weighted by molar-refractivity contribution is -0.126. The van der Waals surface area contributed by atoms with Crippen molar-refractivity contribution in [1.82, 2.24) is 4.90 Å². The Balaban J connectivity index is 1.61. The number of halogens is 1. The van der Waals surface area contributed by atoms with Crippen LogP contribution in [0.2, 0.25) is 0 Å². The van der Waals surface area contributed by atoms with Crippen LogP contribution < -0.4 is 5.32 Å². The monoisotopic (exact) mass is 458 g/mol. The number of hydrogen-bond donors (Lipinski definition) is 1. The van der Waals surface area contributed by atoms with Crippen LogP contribution in [0.25, 0.3) is 6.08 Å². The Kier molecular flexibility index (Phi) is 6.60. The van der Waals surface area contributed by atoms with Crippen molar-refractivity contribution in [3.63, 3.8) is 0 Å². The first-order chi connectivity index (χ1) is 13.0. The van der Waals surface area contributed by atoms with Gasteiger partial charge in [-0.3, -0.25) is 14.5 Å². The third kappa shape index (κ3) is 5.38. The molecule has 0 saturated carbocycles. The molecule has 1 fully saturated rings. The van der Waals surface area contributed by atoms with Crippen LogP contribution in [0.5, 0.6) is 0 Å². The summed E-state index contributed by atoms with van der Waals surface area (Å²) in [7, 11) is 0. The van der Waals surface area contributed by atoms with Gasteiger partial charge in [0.15, 0.2) is 0 Å². The van der Waals surface area contributed by atoms with Gasteiger partial charge in [-0.1, -0.05) is 82.4 Å².